The number of benzene rings is 2. The Labute approximate surface area is 123 Å². The monoisotopic (exact) mass is 276 g/mol. The van der Waals surface area contributed by atoms with E-state index in [1.54, 1.807) is 0 Å². The molecule has 0 N–H and O–H groups in total. The van der Waals surface area contributed by atoms with Gasteiger partial charge in [-0.1, -0.05) is 36.4 Å². The van der Waals surface area contributed by atoms with Crippen molar-refractivity contribution in [3.8, 4) is 0 Å². The molecule has 0 spiro atoms. The smallest absolute Gasteiger partial charge is 0.254 e. The van der Waals surface area contributed by atoms with Crippen LogP contribution in [-0.2, 0) is 0 Å². The van der Waals surface area contributed by atoms with E-state index in [0.717, 1.165) is 29.9 Å². The average Bonchev–Trinajstić information content (AvgIpc) is 2.92. The predicted molar refractivity (Wildman–Crippen MR) is 83.2 cm³/mol. The average molecular weight is 276 g/mol. The first-order valence-corrected chi connectivity index (χ1v) is 7.33. The van der Waals surface area contributed by atoms with Crippen molar-refractivity contribution in [3.05, 3.63) is 65.7 Å². The number of piperidine rings is 1. The molecule has 2 aromatic carbocycles. The minimum absolute atomic E-state index is 0.104. The van der Waals surface area contributed by atoms with Crippen molar-refractivity contribution in [2.24, 2.45) is 4.99 Å². The number of hydrogen-bond donors (Lipinski definition) is 0. The molecule has 104 valence electrons. The van der Waals surface area contributed by atoms with Gasteiger partial charge in [0.05, 0.1) is 12.2 Å². The van der Waals surface area contributed by atoms with Crippen LogP contribution in [-0.4, -0.2) is 29.6 Å². The summed E-state index contributed by atoms with van der Waals surface area (Å²) in [7, 11) is 0. The highest BCUT2D eigenvalue weighted by Gasteiger charge is 2.33. The van der Waals surface area contributed by atoms with E-state index in [4.69, 9.17) is 4.99 Å². The molecule has 0 radical (unpaired) electrons. The van der Waals surface area contributed by atoms with E-state index >= 15 is 0 Å². The summed E-state index contributed by atoms with van der Waals surface area (Å²) in [5.74, 6) is 0.508. The summed E-state index contributed by atoms with van der Waals surface area (Å²) in [6.07, 6.45) is 0.967. The van der Waals surface area contributed by atoms with Gasteiger partial charge in [0.1, 0.15) is 0 Å². The third kappa shape index (κ3) is 2.05. The molecular weight excluding hydrogens is 260 g/mol. The van der Waals surface area contributed by atoms with E-state index in [0.29, 0.717) is 12.5 Å². The molecular formula is C18H16N2O. The topological polar surface area (TPSA) is 32.7 Å². The number of rotatable bonds is 1. The maximum atomic E-state index is 12.5. The Bertz CT molecular complexity index is 721. The van der Waals surface area contributed by atoms with Crippen molar-refractivity contribution >= 4 is 17.3 Å². The minimum Gasteiger partial charge on any atom is -0.333 e. The van der Waals surface area contributed by atoms with Gasteiger partial charge in [0, 0.05) is 23.7 Å². The summed E-state index contributed by atoms with van der Waals surface area (Å²) in [5, 5.41) is 0. The van der Waals surface area contributed by atoms with E-state index < -0.39 is 0 Å². The van der Waals surface area contributed by atoms with Crippen LogP contribution in [0, 0.1) is 0 Å². The third-order valence-electron chi connectivity index (χ3n) is 4.33. The van der Waals surface area contributed by atoms with Crippen molar-refractivity contribution < 1.29 is 4.79 Å². The summed E-state index contributed by atoms with van der Waals surface area (Å²) < 4.78 is 0. The molecule has 0 aliphatic carbocycles. The van der Waals surface area contributed by atoms with Crippen molar-refractivity contribution in [2.75, 3.05) is 13.1 Å². The molecule has 1 saturated heterocycles. The maximum Gasteiger partial charge on any atom is 0.254 e. The Kier molecular flexibility index (Phi) is 2.85. The summed E-state index contributed by atoms with van der Waals surface area (Å²) in [5.41, 5.74) is 4.28. The molecule has 3 heteroatoms. The van der Waals surface area contributed by atoms with E-state index in [1.165, 1.54) is 5.56 Å². The highest BCUT2D eigenvalue weighted by molar-refractivity contribution is 6.04. The third-order valence-corrected chi connectivity index (χ3v) is 4.33. The lowest BCUT2D eigenvalue weighted by Crippen LogP contribution is -2.42. The molecule has 2 aliphatic rings. The first kappa shape index (κ1) is 12.3. The Balaban J connectivity index is 1.58. The first-order chi connectivity index (χ1) is 10.3. The Morgan fingerprint density at radius 2 is 1.81 bits per heavy atom. The number of likely N-dealkylation sites (tertiary alicyclic amines) is 1. The standard InChI is InChI=1S/C18H16N2O/c21-18(13-6-2-1-3-7-13)20-11-10-15-14-8-4-5-9-16(14)19-17(15)12-20/h1-9,15H,10-12H2. The van der Waals surface area contributed by atoms with Crippen molar-refractivity contribution in [3.63, 3.8) is 0 Å². The molecule has 1 amide bonds. The molecule has 0 saturated carbocycles. The van der Waals surface area contributed by atoms with Gasteiger partial charge in [0.15, 0.2) is 0 Å². The van der Waals surface area contributed by atoms with Crippen molar-refractivity contribution in [1.82, 2.24) is 4.90 Å². The van der Waals surface area contributed by atoms with Gasteiger partial charge >= 0.3 is 0 Å². The quantitative estimate of drug-likeness (QED) is 0.785. The molecule has 1 unspecified atom stereocenters. The van der Waals surface area contributed by atoms with Crippen molar-refractivity contribution in [2.45, 2.75) is 12.3 Å². The Morgan fingerprint density at radius 3 is 2.67 bits per heavy atom. The second-order valence-electron chi connectivity index (χ2n) is 5.60. The van der Waals surface area contributed by atoms with Gasteiger partial charge in [-0.2, -0.15) is 0 Å². The van der Waals surface area contributed by atoms with E-state index in [2.05, 4.69) is 18.2 Å². The van der Waals surface area contributed by atoms with E-state index in [1.807, 2.05) is 41.3 Å². The van der Waals surface area contributed by atoms with Gasteiger partial charge in [-0.15, -0.1) is 0 Å². The molecule has 2 aromatic rings. The molecule has 1 atom stereocenters. The normalized spacial score (nSPS) is 19.7. The fourth-order valence-electron chi connectivity index (χ4n) is 3.26. The molecule has 0 bridgehead atoms. The van der Waals surface area contributed by atoms with Gasteiger partial charge in [-0.3, -0.25) is 9.79 Å². The van der Waals surface area contributed by atoms with Gasteiger partial charge in [0.2, 0.25) is 0 Å². The van der Waals surface area contributed by atoms with Gasteiger partial charge in [-0.05, 0) is 30.2 Å². The summed E-state index contributed by atoms with van der Waals surface area (Å²) in [4.78, 5) is 19.2. The highest BCUT2D eigenvalue weighted by Crippen LogP contribution is 2.39. The predicted octanol–water partition coefficient (Wildman–Crippen LogP) is 3.40. The molecule has 0 aromatic heterocycles. The highest BCUT2D eigenvalue weighted by atomic mass is 16.2. The van der Waals surface area contributed by atoms with Crippen LogP contribution in [0.25, 0.3) is 0 Å². The number of nitrogens with zero attached hydrogens (tertiary/aromatic N) is 2. The number of carbonyl (C=O) groups excluding carboxylic acids is 1. The summed E-state index contributed by atoms with van der Waals surface area (Å²) in [6.45, 7) is 1.44. The van der Waals surface area contributed by atoms with Crippen LogP contribution >= 0.6 is 0 Å². The van der Waals surface area contributed by atoms with Crippen LogP contribution in [0.5, 0.6) is 0 Å². The number of aliphatic imine (C=N–C) groups is 1. The molecule has 4 rings (SSSR count). The van der Waals surface area contributed by atoms with E-state index in [-0.39, 0.29) is 5.91 Å². The van der Waals surface area contributed by atoms with Crippen LogP contribution in [0.15, 0.2) is 59.6 Å². The van der Waals surface area contributed by atoms with Crippen molar-refractivity contribution in [1.29, 1.82) is 0 Å². The lowest BCUT2D eigenvalue weighted by Gasteiger charge is -2.31. The number of para-hydroxylation sites is 1. The molecule has 3 nitrogen and oxygen atoms in total. The zero-order valence-electron chi connectivity index (χ0n) is 11.7. The Morgan fingerprint density at radius 1 is 1.05 bits per heavy atom. The zero-order valence-corrected chi connectivity index (χ0v) is 11.7. The Hall–Kier alpha value is -2.42. The lowest BCUT2D eigenvalue weighted by atomic mass is 9.89. The fraction of sp³-hybridized carbons (Fsp3) is 0.222. The first-order valence-electron chi connectivity index (χ1n) is 7.33. The summed E-state index contributed by atoms with van der Waals surface area (Å²) >= 11 is 0. The minimum atomic E-state index is 0.104. The number of carbonyl (C=O) groups is 1. The van der Waals surface area contributed by atoms with Gasteiger partial charge in [-0.25, -0.2) is 0 Å². The van der Waals surface area contributed by atoms with Gasteiger partial charge < -0.3 is 4.90 Å². The maximum absolute atomic E-state index is 12.5. The zero-order chi connectivity index (χ0) is 14.2. The molecule has 2 heterocycles. The lowest BCUT2D eigenvalue weighted by molar-refractivity contribution is 0.0766. The number of amides is 1. The second-order valence-corrected chi connectivity index (χ2v) is 5.60. The molecule has 21 heavy (non-hydrogen) atoms. The molecule has 1 fully saturated rings. The number of fused-ring (bicyclic) bond motifs is 3. The van der Waals surface area contributed by atoms with Crippen LogP contribution < -0.4 is 0 Å². The largest absolute Gasteiger partial charge is 0.333 e. The van der Waals surface area contributed by atoms with Crippen LogP contribution in [0.2, 0.25) is 0 Å². The van der Waals surface area contributed by atoms with Crippen LogP contribution in [0.1, 0.15) is 28.3 Å². The number of hydrogen-bond acceptors (Lipinski definition) is 2. The van der Waals surface area contributed by atoms with Crippen LogP contribution in [0.4, 0.5) is 5.69 Å². The fourth-order valence-corrected chi connectivity index (χ4v) is 3.26. The second kappa shape index (κ2) is 4.85. The van der Waals surface area contributed by atoms with Crippen LogP contribution in [0.3, 0.4) is 0 Å². The van der Waals surface area contributed by atoms with Gasteiger partial charge in [0.25, 0.3) is 5.91 Å². The SMILES string of the molecule is O=C(c1ccccc1)N1CCC2C(=Nc3ccccc32)C1. The molecule has 2 aliphatic heterocycles. The van der Waals surface area contributed by atoms with E-state index in [9.17, 15) is 4.79 Å². The summed E-state index contributed by atoms with van der Waals surface area (Å²) in [6, 6.07) is 17.8.